The highest BCUT2D eigenvalue weighted by Crippen LogP contribution is 2.20. The maximum Gasteiger partial charge on any atom is 0.220 e. The zero-order chi connectivity index (χ0) is 18.4. The quantitative estimate of drug-likeness (QED) is 0.562. The third-order valence-corrected chi connectivity index (χ3v) is 5.00. The Hall–Kier alpha value is -1.59. The summed E-state index contributed by atoms with van der Waals surface area (Å²) >= 11 is 7.46. The molecule has 1 aromatic carbocycles. The molecule has 0 saturated heterocycles. The number of amides is 1. The molecule has 0 radical (unpaired) electrons. The van der Waals surface area contributed by atoms with Crippen molar-refractivity contribution in [3.05, 3.63) is 51.8 Å². The van der Waals surface area contributed by atoms with Crippen molar-refractivity contribution in [2.24, 2.45) is 0 Å². The molecule has 1 aromatic heterocycles. The molecule has 0 unspecified atom stereocenters. The summed E-state index contributed by atoms with van der Waals surface area (Å²) in [6, 6.07) is 7.62. The van der Waals surface area contributed by atoms with Crippen LogP contribution in [0.3, 0.4) is 0 Å². The van der Waals surface area contributed by atoms with Crippen LogP contribution in [0.4, 0.5) is 0 Å². The van der Waals surface area contributed by atoms with Crippen LogP contribution in [0.1, 0.15) is 48.3 Å². The Morgan fingerprint density at radius 3 is 2.32 bits per heavy atom. The van der Waals surface area contributed by atoms with Crippen molar-refractivity contribution in [1.29, 1.82) is 0 Å². The minimum atomic E-state index is 0.00192. The summed E-state index contributed by atoms with van der Waals surface area (Å²) in [4.78, 5) is 21.3. The van der Waals surface area contributed by atoms with Gasteiger partial charge >= 0.3 is 0 Å². The molecule has 1 heterocycles. The van der Waals surface area contributed by atoms with Gasteiger partial charge < -0.3 is 5.32 Å². The predicted octanol–water partition coefficient (Wildman–Crippen LogP) is 4.67. The summed E-state index contributed by atoms with van der Waals surface area (Å²) in [6.07, 6.45) is 3.86. The van der Waals surface area contributed by atoms with Crippen molar-refractivity contribution in [1.82, 2.24) is 15.3 Å². The minimum absolute atomic E-state index is 0.00192. The monoisotopic (exact) mass is 377 g/mol. The second-order valence-corrected chi connectivity index (χ2v) is 7.15. The van der Waals surface area contributed by atoms with Crippen LogP contribution in [-0.2, 0) is 11.2 Å². The smallest absolute Gasteiger partial charge is 0.220 e. The fourth-order valence-electron chi connectivity index (χ4n) is 2.78. The highest BCUT2D eigenvalue weighted by molar-refractivity contribution is 7.98. The number of halogens is 1. The molecule has 0 spiro atoms. The molecule has 2 aromatic rings. The number of aryl methyl sites for hydroxylation is 2. The van der Waals surface area contributed by atoms with Crippen LogP contribution in [0, 0.1) is 13.8 Å². The topological polar surface area (TPSA) is 54.9 Å². The van der Waals surface area contributed by atoms with Crippen molar-refractivity contribution < 1.29 is 4.79 Å². The summed E-state index contributed by atoms with van der Waals surface area (Å²) in [5.41, 5.74) is 4.04. The molecule has 1 atom stereocenters. The Balaban J connectivity index is 1.99. The van der Waals surface area contributed by atoms with E-state index in [1.54, 1.807) is 0 Å². The van der Waals surface area contributed by atoms with Gasteiger partial charge in [0.05, 0.1) is 6.04 Å². The lowest BCUT2D eigenvalue weighted by Crippen LogP contribution is -2.28. The molecule has 0 aliphatic carbocycles. The Bertz CT molecular complexity index is 711. The largest absolute Gasteiger partial charge is 0.349 e. The molecule has 25 heavy (non-hydrogen) atoms. The molecule has 6 heteroatoms. The van der Waals surface area contributed by atoms with Crippen LogP contribution >= 0.6 is 23.4 Å². The summed E-state index contributed by atoms with van der Waals surface area (Å²) in [7, 11) is 0. The van der Waals surface area contributed by atoms with Crippen molar-refractivity contribution in [2.75, 3.05) is 6.26 Å². The van der Waals surface area contributed by atoms with Gasteiger partial charge in [0.15, 0.2) is 5.16 Å². The lowest BCUT2D eigenvalue weighted by Gasteiger charge is -2.18. The van der Waals surface area contributed by atoms with Crippen molar-refractivity contribution in [3.8, 4) is 0 Å². The summed E-state index contributed by atoms with van der Waals surface area (Å²) in [5.74, 6) is 0.0366. The summed E-state index contributed by atoms with van der Waals surface area (Å²) in [6.45, 7) is 6.01. The highest BCUT2D eigenvalue weighted by atomic mass is 35.5. The molecule has 1 amide bonds. The maximum absolute atomic E-state index is 12.4. The van der Waals surface area contributed by atoms with E-state index in [9.17, 15) is 4.79 Å². The van der Waals surface area contributed by atoms with Crippen LogP contribution in [-0.4, -0.2) is 22.1 Å². The third-order valence-electron chi connectivity index (χ3n) is 4.20. The first kappa shape index (κ1) is 19.7. The number of rotatable bonds is 7. The second-order valence-electron chi connectivity index (χ2n) is 5.94. The van der Waals surface area contributed by atoms with Gasteiger partial charge in [0.2, 0.25) is 5.91 Å². The van der Waals surface area contributed by atoms with Crippen molar-refractivity contribution >= 4 is 29.3 Å². The average Bonchev–Trinajstić information content (AvgIpc) is 2.59. The number of carbonyl (C=O) groups is 1. The Morgan fingerprint density at radius 2 is 1.80 bits per heavy atom. The fraction of sp³-hybridized carbons (Fsp3) is 0.421. The average molecular weight is 378 g/mol. The van der Waals surface area contributed by atoms with Crippen molar-refractivity contribution in [2.45, 2.75) is 51.2 Å². The lowest BCUT2D eigenvalue weighted by molar-refractivity contribution is -0.121. The highest BCUT2D eigenvalue weighted by Gasteiger charge is 2.14. The first-order valence-corrected chi connectivity index (χ1v) is 9.97. The van der Waals surface area contributed by atoms with E-state index >= 15 is 0 Å². The number of thioether (sulfide) groups is 1. The van der Waals surface area contributed by atoms with E-state index in [0.717, 1.165) is 34.1 Å². The molecule has 0 aliphatic heterocycles. The van der Waals surface area contributed by atoms with Crippen LogP contribution in [0.15, 0.2) is 29.4 Å². The van der Waals surface area contributed by atoms with E-state index in [-0.39, 0.29) is 11.9 Å². The van der Waals surface area contributed by atoms with Crippen LogP contribution in [0.5, 0.6) is 0 Å². The Morgan fingerprint density at radius 1 is 1.20 bits per heavy atom. The Kier molecular flexibility index (Phi) is 7.26. The molecular weight excluding hydrogens is 354 g/mol. The van der Waals surface area contributed by atoms with Gasteiger partial charge in [-0.1, -0.05) is 42.4 Å². The van der Waals surface area contributed by atoms with E-state index in [1.807, 2.05) is 44.4 Å². The second kappa shape index (κ2) is 9.20. The van der Waals surface area contributed by atoms with Gasteiger partial charge in [-0.2, -0.15) is 0 Å². The number of nitrogens with zero attached hydrogens (tertiary/aromatic N) is 2. The zero-order valence-electron chi connectivity index (χ0n) is 15.1. The molecule has 1 N–H and O–H groups in total. The molecule has 2 rings (SSSR count). The van der Waals surface area contributed by atoms with Crippen LogP contribution in [0.25, 0.3) is 0 Å². The maximum atomic E-state index is 12.4. The molecular formula is C19H24ClN3OS. The van der Waals surface area contributed by atoms with Gasteiger partial charge in [0, 0.05) is 22.8 Å². The van der Waals surface area contributed by atoms with E-state index in [0.29, 0.717) is 17.9 Å². The SMILES string of the molecule is CC[C@@H](NC(=O)CCc1c(C)nc(SC)nc1C)c1ccc(Cl)cc1. The molecule has 134 valence electrons. The number of hydrogen-bond donors (Lipinski definition) is 1. The number of hydrogen-bond acceptors (Lipinski definition) is 4. The molecule has 0 bridgehead atoms. The fourth-order valence-corrected chi connectivity index (χ4v) is 3.37. The molecule has 4 nitrogen and oxygen atoms in total. The summed E-state index contributed by atoms with van der Waals surface area (Å²) < 4.78 is 0. The number of nitrogens with one attached hydrogen (secondary N) is 1. The first-order valence-electron chi connectivity index (χ1n) is 8.37. The zero-order valence-corrected chi connectivity index (χ0v) is 16.7. The predicted molar refractivity (Wildman–Crippen MR) is 104 cm³/mol. The number of aromatic nitrogens is 2. The summed E-state index contributed by atoms with van der Waals surface area (Å²) in [5, 5.41) is 4.58. The Labute approximate surface area is 158 Å². The van der Waals surface area contributed by atoms with Crippen LogP contribution in [0.2, 0.25) is 5.02 Å². The van der Waals surface area contributed by atoms with Gasteiger partial charge in [-0.25, -0.2) is 9.97 Å². The molecule has 0 saturated carbocycles. The van der Waals surface area contributed by atoms with E-state index in [4.69, 9.17) is 11.6 Å². The first-order chi connectivity index (χ1) is 11.9. The number of carbonyl (C=O) groups excluding carboxylic acids is 1. The lowest BCUT2D eigenvalue weighted by atomic mass is 10.0. The van der Waals surface area contributed by atoms with Gasteiger partial charge in [-0.3, -0.25) is 4.79 Å². The van der Waals surface area contributed by atoms with Gasteiger partial charge in [-0.05, 0) is 56.2 Å². The van der Waals surface area contributed by atoms with Gasteiger partial charge in [-0.15, -0.1) is 0 Å². The third kappa shape index (κ3) is 5.44. The normalized spacial score (nSPS) is 12.0. The van der Waals surface area contributed by atoms with E-state index < -0.39 is 0 Å². The minimum Gasteiger partial charge on any atom is -0.349 e. The molecule has 0 fully saturated rings. The standard InChI is InChI=1S/C19H24ClN3OS/c1-5-17(14-6-8-15(20)9-7-14)23-18(24)11-10-16-12(2)21-19(25-4)22-13(16)3/h6-9,17H,5,10-11H2,1-4H3,(H,23,24)/t17-/m1/s1. The van der Waals surface area contributed by atoms with Gasteiger partial charge in [0.1, 0.15) is 0 Å². The van der Waals surface area contributed by atoms with E-state index in [1.165, 1.54) is 11.8 Å². The number of benzene rings is 1. The van der Waals surface area contributed by atoms with Crippen LogP contribution < -0.4 is 5.32 Å². The van der Waals surface area contributed by atoms with Gasteiger partial charge in [0.25, 0.3) is 0 Å². The van der Waals surface area contributed by atoms with E-state index in [2.05, 4.69) is 22.2 Å². The van der Waals surface area contributed by atoms with Crippen molar-refractivity contribution in [3.63, 3.8) is 0 Å². The molecule has 0 aliphatic rings.